The highest BCUT2D eigenvalue weighted by molar-refractivity contribution is 6.05. The van der Waals surface area contributed by atoms with E-state index in [1.807, 2.05) is 26.0 Å². The van der Waals surface area contributed by atoms with Crippen LogP contribution in [0.1, 0.15) is 68.0 Å². The molecule has 0 amide bonds. The van der Waals surface area contributed by atoms with Gasteiger partial charge in [-0.25, -0.2) is 4.39 Å². The van der Waals surface area contributed by atoms with Crippen molar-refractivity contribution in [1.82, 2.24) is 4.57 Å². The number of aliphatic imine (C=N–C) groups is 1. The second kappa shape index (κ2) is 8.29. The lowest BCUT2D eigenvalue weighted by atomic mass is 9.97. The van der Waals surface area contributed by atoms with Crippen LogP contribution in [-0.4, -0.2) is 22.9 Å². The molecule has 1 aliphatic heterocycles. The number of ether oxygens (including phenoxy) is 1. The van der Waals surface area contributed by atoms with Crippen molar-refractivity contribution in [2.24, 2.45) is 4.99 Å². The third-order valence-electron chi connectivity index (χ3n) is 6.05. The van der Waals surface area contributed by atoms with Crippen LogP contribution in [0, 0.1) is 12.7 Å². The van der Waals surface area contributed by atoms with Crippen LogP contribution in [0.25, 0.3) is 16.6 Å². The summed E-state index contributed by atoms with van der Waals surface area (Å²) in [5.74, 6) is -0.173. The Bertz CT molecular complexity index is 1200. The Morgan fingerprint density at radius 2 is 2.00 bits per heavy atom. The van der Waals surface area contributed by atoms with Crippen LogP contribution in [0.4, 0.5) is 4.39 Å². The summed E-state index contributed by atoms with van der Waals surface area (Å²) >= 11 is 0. The summed E-state index contributed by atoms with van der Waals surface area (Å²) in [5.41, 5.74) is 8.35. The lowest BCUT2D eigenvalue weighted by Crippen LogP contribution is -2.08. The van der Waals surface area contributed by atoms with E-state index in [4.69, 9.17) is 4.74 Å². The standard InChI is InChI=1S/C26H29FN2O2/c1-6-31-25(30)10-8-20-22-12-18-14-28-17(5)21(18)13-24(22)29(26(20)15(2)3)19-7-9-23(27)16(4)11-19/h7,9,11-13,15H,6,8,10,14H2,1-5H3. The SMILES string of the molecule is CCOC(=O)CCc1c(C(C)C)n(-c2ccc(F)c(C)c2)c2cc3c(cc12)CN=C3C. The van der Waals surface area contributed by atoms with E-state index in [1.54, 1.807) is 6.92 Å². The molecule has 2 heterocycles. The number of hydrogen-bond acceptors (Lipinski definition) is 3. The molecule has 0 unspecified atom stereocenters. The molecule has 162 valence electrons. The average molecular weight is 421 g/mol. The van der Waals surface area contributed by atoms with E-state index in [0.717, 1.165) is 39.1 Å². The monoisotopic (exact) mass is 420 g/mol. The van der Waals surface area contributed by atoms with Gasteiger partial charge in [-0.1, -0.05) is 13.8 Å². The second-order valence-corrected chi connectivity index (χ2v) is 8.52. The third-order valence-corrected chi connectivity index (χ3v) is 6.05. The number of esters is 1. The normalized spacial score (nSPS) is 13.1. The second-order valence-electron chi connectivity index (χ2n) is 8.52. The molecule has 0 aliphatic carbocycles. The van der Waals surface area contributed by atoms with Crippen molar-refractivity contribution in [1.29, 1.82) is 0 Å². The van der Waals surface area contributed by atoms with Crippen LogP contribution in [0.5, 0.6) is 0 Å². The molecule has 0 saturated carbocycles. The molecule has 1 aromatic heterocycles. The molecule has 0 fully saturated rings. The zero-order valence-corrected chi connectivity index (χ0v) is 18.9. The molecule has 0 atom stereocenters. The molecular weight excluding hydrogens is 391 g/mol. The van der Waals surface area contributed by atoms with Crippen LogP contribution in [0.2, 0.25) is 0 Å². The summed E-state index contributed by atoms with van der Waals surface area (Å²) in [5, 5.41) is 1.14. The molecular formula is C26H29FN2O2. The van der Waals surface area contributed by atoms with Crippen molar-refractivity contribution in [3.05, 3.63) is 64.1 Å². The van der Waals surface area contributed by atoms with Gasteiger partial charge in [-0.15, -0.1) is 0 Å². The summed E-state index contributed by atoms with van der Waals surface area (Å²) < 4.78 is 21.4. The minimum Gasteiger partial charge on any atom is -0.466 e. The molecule has 4 nitrogen and oxygen atoms in total. The highest BCUT2D eigenvalue weighted by Crippen LogP contribution is 2.38. The van der Waals surface area contributed by atoms with Crippen LogP contribution >= 0.6 is 0 Å². The van der Waals surface area contributed by atoms with Gasteiger partial charge < -0.3 is 9.30 Å². The molecule has 4 rings (SSSR count). The molecule has 0 saturated heterocycles. The number of fused-ring (bicyclic) bond motifs is 2. The Hall–Kier alpha value is -2.95. The van der Waals surface area contributed by atoms with Gasteiger partial charge in [0.1, 0.15) is 5.82 Å². The van der Waals surface area contributed by atoms with E-state index in [1.165, 1.54) is 11.6 Å². The maximum atomic E-state index is 14.0. The number of aromatic nitrogens is 1. The van der Waals surface area contributed by atoms with E-state index in [9.17, 15) is 9.18 Å². The van der Waals surface area contributed by atoms with Crippen LogP contribution in [0.3, 0.4) is 0 Å². The molecule has 0 N–H and O–H groups in total. The smallest absolute Gasteiger partial charge is 0.306 e. The van der Waals surface area contributed by atoms with Crippen molar-refractivity contribution < 1.29 is 13.9 Å². The number of nitrogens with zero attached hydrogens (tertiary/aromatic N) is 2. The minimum absolute atomic E-state index is 0.184. The Morgan fingerprint density at radius 3 is 2.68 bits per heavy atom. The fraction of sp³-hybridized carbons (Fsp3) is 0.385. The Kier molecular flexibility index (Phi) is 5.69. The summed E-state index contributed by atoms with van der Waals surface area (Å²) in [6.45, 7) is 11.0. The summed E-state index contributed by atoms with van der Waals surface area (Å²) in [6, 6.07) is 9.68. The third kappa shape index (κ3) is 3.78. The number of carbonyl (C=O) groups is 1. The molecule has 1 aliphatic rings. The Balaban J connectivity index is 1.98. The number of carbonyl (C=O) groups excluding carboxylic acids is 1. The minimum atomic E-state index is -0.210. The molecule has 2 aromatic carbocycles. The summed E-state index contributed by atoms with van der Waals surface area (Å²) in [6.07, 6.45) is 0.941. The van der Waals surface area contributed by atoms with Crippen molar-refractivity contribution in [2.45, 2.75) is 59.9 Å². The molecule has 31 heavy (non-hydrogen) atoms. The van der Waals surface area contributed by atoms with Gasteiger partial charge in [0.05, 0.1) is 18.7 Å². The molecule has 0 bridgehead atoms. The van der Waals surface area contributed by atoms with Gasteiger partial charge in [0.15, 0.2) is 0 Å². The molecule has 3 aromatic rings. The van der Waals surface area contributed by atoms with Gasteiger partial charge in [0, 0.05) is 34.5 Å². The van der Waals surface area contributed by atoms with Gasteiger partial charge in [-0.2, -0.15) is 0 Å². The maximum Gasteiger partial charge on any atom is 0.306 e. The largest absolute Gasteiger partial charge is 0.466 e. The zero-order chi connectivity index (χ0) is 22.3. The average Bonchev–Trinajstić information content (AvgIpc) is 3.25. The first-order chi connectivity index (χ1) is 14.8. The fourth-order valence-electron chi connectivity index (χ4n) is 4.59. The highest BCUT2D eigenvalue weighted by atomic mass is 19.1. The fourth-order valence-corrected chi connectivity index (χ4v) is 4.59. The number of hydrogen-bond donors (Lipinski definition) is 0. The Labute approximate surface area is 182 Å². The van der Waals surface area contributed by atoms with Gasteiger partial charge in [0.25, 0.3) is 0 Å². The first-order valence-corrected chi connectivity index (χ1v) is 11.0. The van der Waals surface area contributed by atoms with E-state index in [0.29, 0.717) is 31.6 Å². The number of benzene rings is 2. The highest BCUT2D eigenvalue weighted by Gasteiger charge is 2.24. The summed E-state index contributed by atoms with van der Waals surface area (Å²) in [7, 11) is 0. The molecule has 5 heteroatoms. The maximum absolute atomic E-state index is 14.0. The van der Waals surface area contributed by atoms with Gasteiger partial charge >= 0.3 is 5.97 Å². The van der Waals surface area contributed by atoms with E-state index in [2.05, 4.69) is 35.5 Å². The van der Waals surface area contributed by atoms with E-state index in [-0.39, 0.29) is 17.7 Å². The van der Waals surface area contributed by atoms with Crippen LogP contribution in [0.15, 0.2) is 35.3 Å². The first-order valence-electron chi connectivity index (χ1n) is 11.0. The van der Waals surface area contributed by atoms with Gasteiger partial charge in [-0.3, -0.25) is 9.79 Å². The predicted molar refractivity (Wildman–Crippen MR) is 123 cm³/mol. The lowest BCUT2D eigenvalue weighted by molar-refractivity contribution is -0.143. The lowest BCUT2D eigenvalue weighted by Gasteiger charge is -2.16. The van der Waals surface area contributed by atoms with E-state index < -0.39 is 0 Å². The van der Waals surface area contributed by atoms with Gasteiger partial charge in [0.2, 0.25) is 0 Å². The Morgan fingerprint density at radius 1 is 1.23 bits per heavy atom. The van der Waals surface area contributed by atoms with Crippen molar-refractivity contribution >= 4 is 22.6 Å². The van der Waals surface area contributed by atoms with Crippen LogP contribution < -0.4 is 0 Å². The number of aryl methyl sites for hydroxylation is 2. The topological polar surface area (TPSA) is 43.6 Å². The van der Waals surface area contributed by atoms with Crippen LogP contribution in [-0.2, 0) is 22.5 Å². The first kappa shape index (κ1) is 21.3. The number of rotatable bonds is 6. The molecule has 0 radical (unpaired) electrons. The van der Waals surface area contributed by atoms with Crippen molar-refractivity contribution in [2.75, 3.05) is 6.61 Å². The summed E-state index contributed by atoms with van der Waals surface area (Å²) in [4.78, 5) is 16.7. The van der Waals surface area contributed by atoms with E-state index >= 15 is 0 Å². The number of halogens is 1. The predicted octanol–water partition coefficient (Wildman–Crippen LogP) is 6.02. The zero-order valence-electron chi connectivity index (χ0n) is 18.9. The quantitative estimate of drug-likeness (QED) is 0.458. The van der Waals surface area contributed by atoms with Gasteiger partial charge in [-0.05, 0) is 80.1 Å². The molecule has 0 spiro atoms. The van der Waals surface area contributed by atoms with Crippen molar-refractivity contribution in [3.8, 4) is 5.69 Å². The van der Waals surface area contributed by atoms with Crippen molar-refractivity contribution in [3.63, 3.8) is 0 Å².